The standard InChI is InChI=1S/C13H18N4/c1-9(12-7-5-6-8-14-12)15-13-10(2)16-17(4)11(13)3/h5-9,15H,1-4H3. The molecule has 0 bridgehead atoms. The van der Waals surface area contributed by atoms with Gasteiger partial charge in [-0.1, -0.05) is 6.07 Å². The molecule has 17 heavy (non-hydrogen) atoms. The Bertz CT molecular complexity index is 502. The number of hydrogen-bond donors (Lipinski definition) is 1. The van der Waals surface area contributed by atoms with Gasteiger partial charge >= 0.3 is 0 Å². The molecule has 1 N–H and O–H groups in total. The van der Waals surface area contributed by atoms with E-state index in [9.17, 15) is 0 Å². The molecule has 2 aromatic rings. The van der Waals surface area contributed by atoms with Crippen LogP contribution in [-0.4, -0.2) is 14.8 Å². The van der Waals surface area contributed by atoms with Gasteiger partial charge in [-0.3, -0.25) is 9.67 Å². The van der Waals surface area contributed by atoms with Crippen LogP contribution < -0.4 is 5.32 Å². The van der Waals surface area contributed by atoms with Gasteiger partial charge in [0.15, 0.2) is 0 Å². The van der Waals surface area contributed by atoms with Crippen LogP contribution in [0, 0.1) is 13.8 Å². The fourth-order valence-corrected chi connectivity index (χ4v) is 1.91. The maximum absolute atomic E-state index is 4.39. The van der Waals surface area contributed by atoms with Crippen LogP contribution in [-0.2, 0) is 7.05 Å². The molecule has 0 aliphatic rings. The summed E-state index contributed by atoms with van der Waals surface area (Å²) in [6, 6.07) is 6.14. The molecule has 4 nitrogen and oxygen atoms in total. The molecular formula is C13H18N4. The molecule has 0 aromatic carbocycles. The lowest BCUT2D eigenvalue weighted by atomic mass is 10.2. The molecule has 0 saturated carbocycles. The molecule has 0 saturated heterocycles. The number of aromatic nitrogens is 3. The smallest absolute Gasteiger partial charge is 0.0828 e. The first kappa shape index (κ1) is 11.6. The molecular weight excluding hydrogens is 212 g/mol. The summed E-state index contributed by atoms with van der Waals surface area (Å²) in [5, 5.41) is 7.86. The third-order valence-electron chi connectivity index (χ3n) is 3.00. The van der Waals surface area contributed by atoms with Gasteiger partial charge in [0.2, 0.25) is 0 Å². The van der Waals surface area contributed by atoms with Gasteiger partial charge in [-0.15, -0.1) is 0 Å². The van der Waals surface area contributed by atoms with Gasteiger partial charge in [0.1, 0.15) is 0 Å². The van der Waals surface area contributed by atoms with E-state index in [1.54, 1.807) is 0 Å². The van der Waals surface area contributed by atoms with Crippen LogP contribution in [0.25, 0.3) is 0 Å². The molecule has 4 heteroatoms. The Balaban J connectivity index is 2.22. The molecule has 0 radical (unpaired) electrons. The van der Waals surface area contributed by atoms with Crippen LogP contribution in [0.4, 0.5) is 5.69 Å². The maximum atomic E-state index is 4.39. The Morgan fingerprint density at radius 3 is 2.59 bits per heavy atom. The summed E-state index contributed by atoms with van der Waals surface area (Å²) in [7, 11) is 1.96. The van der Waals surface area contributed by atoms with Crippen molar-refractivity contribution >= 4 is 5.69 Å². The zero-order valence-corrected chi connectivity index (χ0v) is 10.7. The van der Waals surface area contributed by atoms with E-state index in [0.717, 1.165) is 22.8 Å². The lowest BCUT2D eigenvalue weighted by Gasteiger charge is -2.14. The van der Waals surface area contributed by atoms with Gasteiger partial charge in [-0.2, -0.15) is 5.10 Å². The Morgan fingerprint density at radius 2 is 2.06 bits per heavy atom. The van der Waals surface area contributed by atoms with Crippen molar-refractivity contribution in [1.29, 1.82) is 0 Å². The number of hydrogen-bond acceptors (Lipinski definition) is 3. The number of aryl methyl sites for hydroxylation is 2. The third kappa shape index (κ3) is 2.30. The molecule has 1 unspecified atom stereocenters. The van der Waals surface area contributed by atoms with Crippen molar-refractivity contribution in [3.8, 4) is 0 Å². The van der Waals surface area contributed by atoms with Crippen molar-refractivity contribution in [3.05, 3.63) is 41.5 Å². The first-order valence-corrected chi connectivity index (χ1v) is 5.77. The lowest BCUT2D eigenvalue weighted by Crippen LogP contribution is -2.09. The molecule has 0 aliphatic heterocycles. The van der Waals surface area contributed by atoms with Gasteiger partial charge in [0.05, 0.1) is 28.8 Å². The van der Waals surface area contributed by atoms with E-state index in [1.807, 2.05) is 43.0 Å². The predicted molar refractivity (Wildman–Crippen MR) is 69.0 cm³/mol. The van der Waals surface area contributed by atoms with E-state index < -0.39 is 0 Å². The second kappa shape index (κ2) is 4.57. The number of pyridine rings is 1. The van der Waals surface area contributed by atoms with Crippen molar-refractivity contribution in [2.45, 2.75) is 26.8 Å². The van der Waals surface area contributed by atoms with Crippen LogP contribution in [0.3, 0.4) is 0 Å². The van der Waals surface area contributed by atoms with Crippen molar-refractivity contribution in [2.75, 3.05) is 5.32 Å². The highest BCUT2D eigenvalue weighted by Gasteiger charge is 2.13. The lowest BCUT2D eigenvalue weighted by molar-refractivity contribution is 0.731. The van der Waals surface area contributed by atoms with Gasteiger partial charge in [0.25, 0.3) is 0 Å². The summed E-state index contributed by atoms with van der Waals surface area (Å²) in [4.78, 5) is 4.35. The fraction of sp³-hybridized carbons (Fsp3) is 0.385. The zero-order chi connectivity index (χ0) is 12.4. The molecule has 1 atom stereocenters. The first-order valence-electron chi connectivity index (χ1n) is 5.77. The van der Waals surface area contributed by atoms with Crippen LogP contribution in [0.2, 0.25) is 0 Å². The van der Waals surface area contributed by atoms with E-state index >= 15 is 0 Å². The highest BCUT2D eigenvalue weighted by molar-refractivity contribution is 5.53. The van der Waals surface area contributed by atoms with Crippen molar-refractivity contribution in [2.24, 2.45) is 7.05 Å². The molecule has 0 spiro atoms. The van der Waals surface area contributed by atoms with Crippen LogP contribution in [0.15, 0.2) is 24.4 Å². The van der Waals surface area contributed by atoms with Crippen LogP contribution in [0.5, 0.6) is 0 Å². The molecule has 90 valence electrons. The Labute approximate surface area is 102 Å². The summed E-state index contributed by atoms with van der Waals surface area (Å²) in [6.07, 6.45) is 1.82. The van der Waals surface area contributed by atoms with E-state index in [0.29, 0.717) is 0 Å². The average molecular weight is 230 g/mol. The van der Waals surface area contributed by atoms with Gasteiger partial charge in [-0.25, -0.2) is 0 Å². The molecule has 0 amide bonds. The topological polar surface area (TPSA) is 42.7 Å². The summed E-state index contributed by atoms with van der Waals surface area (Å²) >= 11 is 0. The van der Waals surface area contributed by atoms with E-state index in [4.69, 9.17) is 0 Å². The highest BCUT2D eigenvalue weighted by Crippen LogP contribution is 2.23. The summed E-state index contributed by atoms with van der Waals surface area (Å²) in [5.41, 5.74) is 4.30. The second-order valence-corrected chi connectivity index (χ2v) is 4.29. The monoisotopic (exact) mass is 230 g/mol. The fourth-order valence-electron chi connectivity index (χ4n) is 1.91. The minimum Gasteiger partial charge on any atom is -0.374 e. The number of nitrogens with one attached hydrogen (secondary N) is 1. The molecule has 0 fully saturated rings. The van der Waals surface area contributed by atoms with Crippen molar-refractivity contribution in [1.82, 2.24) is 14.8 Å². The van der Waals surface area contributed by atoms with E-state index in [-0.39, 0.29) is 6.04 Å². The maximum Gasteiger partial charge on any atom is 0.0828 e. The highest BCUT2D eigenvalue weighted by atomic mass is 15.3. The number of rotatable bonds is 3. The molecule has 2 aromatic heterocycles. The predicted octanol–water partition coefficient (Wildman–Crippen LogP) is 2.61. The number of nitrogens with zero attached hydrogens (tertiary/aromatic N) is 3. The Hall–Kier alpha value is -1.84. The van der Waals surface area contributed by atoms with Crippen molar-refractivity contribution < 1.29 is 0 Å². The average Bonchev–Trinajstić information content (AvgIpc) is 2.57. The van der Waals surface area contributed by atoms with E-state index in [2.05, 4.69) is 29.2 Å². The van der Waals surface area contributed by atoms with Gasteiger partial charge in [-0.05, 0) is 32.9 Å². The SMILES string of the molecule is Cc1nn(C)c(C)c1NC(C)c1ccccn1. The third-order valence-corrected chi connectivity index (χ3v) is 3.00. The summed E-state index contributed by atoms with van der Waals surface area (Å²) < 4.78 is 1.89. The Kier molecular flexibility index (Phi) is 3.13. The minimum atomic E-state index is 0.179. The van der Waals surface area contributed by atoms with Gasteiger partial charge < -0.3 is 5.32 Å². The first-order chi connectivity index (χ1) is 8.09. The number of anilines is 1. The normalized spacial score (nSPS) is 12.5. The van der Waals surface area contributed by atoms with Crippen LogP contribution in [0.1, 0.15) is 30.0 Å². The summed E-state index contributed by atoms with van der Waals surface area (Å²) in [6.45, 7) is 6.18. The van der Waals surface area contributed by atoms with Crippen molar-refractivity contribution in [3.63, 3.8) is 0 Å². The molecule has 2 heterocycles. The Morgan fingerprint density at radius 1 is 1.29 bits per heavy atom. The zero-order valence-electron chi connectivity index (χ0n) is 10.7. The van der Waals surface area contributed by atoms with E-state index in [1.165, 1.54) is 0 Å². The summed E-state index contributed by atoms with van der Waals surface area (Å²) in [5.74, 6) is 0. The molecule has 0 aliphatic carbocycles. The minimum absolute atomic E-state index is 0.179. The molecule has 2 rings (SSSR count). The van der Waals surface area contributed by atoms with Crippen LogP contribution >= 0.6 is 0 Å². The quantitative estimate of drug-likeness (QED) is 0.881. The second-order valence-electron chi connectivity index (χ2n) is 4.29. The van der Waals surface area contributed by atoms with Gasteiger partial charge in [0, 0.05) is 13.2 Å². The largest absolute Gasteiger partial charge is 0.374 e.